The van der Waals surface area contributed by atoms with Crippen molar-refractivity contribution < 1.29 is 14.6 Å². The predicted molar refractivity (Wildman–Crippen MR) is 115 cm³/mol. The number of benzene rings is 1. The highest BCUT2D eigenvalue weighted by Gasteiger charge is 2.32. The predicted octanol–water partition coefficient (Wildman–Crippen LogP) is 4.13. The molecule has 160 valence electrons. The van der Waals surface area contributed by atoms with E-state index in [4.69, 9.17) is 9.72 Å². The summed E-state index contributed by atoms with van der Waals surface area (Å²) >= 11 is 0. The van der Waals surface area contributed by atoms with E-state index in [1.54, 1.807) is 4.90 Å². The Hall–Kier alpha value is -2.83. The summed E-state index contributed by atoms with van der Waals surface area (Å²) in [6.45, 7) is 9.25. The van der Waals surface area contributed by atoms with Crippen LogP contribution in [0.4, 0.5) is 10.7 Å². The summed E-state index contributed by atoms with van der Waals surface area (Å²) in [6.07, 6.45) is 2.29. The molecule has 0 bridgehead atoms. The van der Waals surface area contributed by atoms with Crippen molar-refractivity contribution in [2.75, 3.05) is 18.0 Å². The molecule has 7 nitrogen and oxygen atoms in total. The van der Waals surface area contributed by atoms with Gasteiger partial charge in [-0.15, -0.1) is 0 Å². The van der Waals surface area contributed by atoms with Crippen molar-refractivity contribution in [1.29, 1.82) is 0 Å². The van der Waals surface area contributed by atoms with Crippen LogP contribution in [0.1, 0.15) is 62.0 Å². The average molecular weight is 411 g/mol. The van der Waals surface area contributed by atoms with Crippen molar-refractivity contribution in [2.45, 2.75) is 65.1 Å². The molecule has 0 radical (unpaired) electrons. The van der Waals surface area contributed by atoms with Crippen LogP contribution in [0.3, 0.4) is 0 Å². The molecule has 2 aliphatic rings. The number of hydrogen-bond donors (Lipinski definition) is 1. The van der Waals surface area contributed by atoms with E-state index in [-0.39, 0.29) is 24.6 Å². The van der Waals surface area contributed by atoms with Crippen molar-refractivity contribution in [1.82, 2.24) is 14.9 Å². The quantitative estimate of drug-likeness (QED) is 0.802. The third kappa shape index (κ3) is 4.20. The highest BCUT2D eigenvalue weighted by atomic mass is 16.6. The largest absolute Gasteiger partial charge is 0.493 e. The van der Waals surface area contributed by atoms with Crippen LogP contribution in [-0.4, -0.2) is 44.8 Å². The van der Waals surface area contributed by atoms with Crippen molar-refractivity contribution in [3.05, 3.63) is 46.6 Å². The second-order valence-corrected chi connectivity index (χ2v) is 9.19. The minimum atomic E-state index is -0.555. The standard InChI is InChI=1S/C23H30N4O3/c1-15-7-9-16(10-8-15)19-6-5-12-27(19)21-24-18-11-13-26(14-17(18)20(28)25-21)22(29)30-23(2,3)4/h7-10,19H,5-6,11-14H2,1-4H3,(H,24,25,28)/t19-/m0/s1. The summed E-state index contributed by atoms with van der Waals surface area (Å²) in [4.78, 5) is 25.4. The van der Waals surface area contributed by atoms with Crippen molar-refractivity contribution in [3.63, 3.8) is 0 Å². The zero-order valence-corrected chi connectivity index (χ0v) is 18.2. The van der Waals surface area contributed by atoms with Crippen LogP contribution >= 0.6 is 0 Å². The maximum atomic E-state index is 12.4. The van der Waals surface area contributed by atoms with Gasteiger partial charge in [0.25, 0.3) is 0 Å². The first kappa shape index (κ1) is 20.4. The topological polar surface area (TPSA) is 78.8 Å². The minimum absolute atomic E-state index is 0.0437. The van der Waals surface area contributed by atoms with E-state index in [2.05, 4.69) is 41.1 Å². The van der Waals surface area contributed by atoms with Crippen LogP contribution in [0, 0.1) is 6.92 Å². The summed E-state index contributed by atoms with van der Waals surface area (Å²) < 4.78 is 5.46. The molecule has 0 unspecified atom stereocenters. The lowest BCUT2D eigenvalue weighted by molar-refractivity contribution is 0.0221. The minimum Gasteiger partial charge on any atom is -0.493 e. The number of amides is 1. The maximum absolute atomic E-state index is 12.4. The first-order valence-corrected chi connectivity index (χ1v) is 10.6. The zero-order valence-electron chi connectivity index (χ0n) is 18.2. The molecule has 1 N–H and O–H groups in total. The number of rotatable bonds is 2. The van der Waals surface area contributed by atoms with Gasteiger partial charge in [-0.2, -0.15) is 4.98 Å². The summed E-state index contributed by atoms with van der Waals surface area (Å²) in [5.41, 5.74) is 3.35. The van der Waals surface area contributed by atoms with Crippen molar-refractivity contribution in [2.24, 2.45) is 0 Å². The summed E-state index contributed by atoms with van der Waals surface area (Å²) in [5.74, 6) is 0.526. The Morgan fingerprint density at radius 2 is 1.90 bits per heavy atom. The molecule has 2 aliphatic heterocycles. The van der Waals surface area contributed by atoms with Crippen LogP contribution in [0.25, 0.3) is 0 Å². The normalized spacial score (nSPS) is 19.0. The number of aromatic hydroxyl groups is 1. The van der Waals surface area contributed by atoms with Gasteiger partial charge in [-0.3, -0.25) is 0 Å². The highest BCUT2D eigenvalue weighted by molar-refractivity contribution is 5.69. The van der Waals surface area contributed by atoms with E-state index in [0.29, 0.717) is 24.5 Å². The van der Waals surface area contributed by atoms with Crippen LogP contribution in [0.2, 0.25) is 0 Å². The molecule has 1 aromatic carbocycles. The summed E-state index contributed by atoms with van der Waals surface area (Å²) in [7, 11) is 0. The van der Waals surface area contributed by atoms with Gasteiger partial charge in [-0.25, -0.2) is 9.78 Å². The Balaban J connectivity index is 1.56. The number of aromatic nitrogens is 2. The van der Waals surface area contributed by atoms with E-state index in [9.17, 15) is 9.90 Å². The number of ether oxygens (including phenoxy) is 1. The van der Waals surface area contributed by atoms with Gasteiger partial charge < -0.3 is 19.6 Å². The molecule has 1 amide bonds. The molecule has 1 fully saturated rings. The number of aryl methyl sites for hydroxylation is 1. The van der Waals surface area contributed by atoms with E-state index >= 15 is 0 Å². The molecule has 7 heteroatoms. The summed E-state index contributed by atoms with van der Waals surface area (Å²) in [6, 6.07) is 8.79. The Morgan fingerprint density at radius 1 is 1.17 bits per heavy atom. The average Bonchev–Trinajstić information content (AvgIpc) is 3.17. The Morgan fingerprint density at radius 3 is 2.60 bits per heavy atom. The fourth-order valence-corrected chi connectivity index (χ4v) is 4.14. The van der Waals surface area contributed by atoms with Crippen LogP contribution in [-0.2, 0) is 17.7 Å². The van der Waals surface area contributed by atoms with Gasteiger partial charge >= 0.3 is 6.09 Å². The molecule has 0 aliphatic carbocycles. The molecule has 2 aromatic rings. The SMILES string of the molecule is Cc1ccc([C@@H]2CCCN2c2nc(O)c3c(n2)CCN(C(=O)OC(C)(C)C)C3)cc1. The smallest absolute Gasteiger partial charge is 0.410 e. The Kier molecular flexibility index (Phi) is 5.30. The van der Waals surface area contributed by atoms with Crippen molar-refractivity contribution in [3.8, 4) is 5.88 Å². The molecule has 1 saturated heterocycles. The molecular weight excluding hydrogens is 380 g/mol. The number of hydrogen-bond acceptors (Lipinski definition) is 6. The Labute approximate surface area is 177 Å². The second kappa shape index (κ2) is 7.78. The van der Waals surface area contributed by atoms with Gasteiger partial charge in [-0.05, 0) is 46.1 Å². The number of carbonyl (C=O) groups excluding carboxylic acids is 1. The third-order valence-electron chi connectivity index (χ3n) is 5.65. The molecule has 4 rings (SSSR count). The van der Waals surface area contributed by atoms with Gasteiger partial charge in [0, 0.05) is 19.5 Å². The number of carbonyl (C=O) groups is 1. The van der Waals surface area contributed by atoms with E-state index in [1.165, 1.54) is 11.1 Å². The Bertz CT molecular complexity index is 937. The molecule has 1 atom stereocenters. The number of nitrogens with zero attached hydrogens (tertiary/aromatic N) is 4. The molecule has 0 saturated carbocycles. The lowest BCUT2D eigenvalue weighted by Gasteiger charge is -2.32. The monoisotopic (exact) mass is 410 g/mol. The lowest BCUT2D eigenvalue weighted by Crippen LogP contribution is -2.40. The van der Waals surface area contributed by atoms with E-state index in [1.807, 2.05) is 20.8 Å². The van der Waals surface area contributed by atoms with Crippen LogP contribution in [0.5, 0.6) is 5.88 Å². The van der Waals surface area contributed by atoms with E-state index < -0.39 is 5.60 Å². The van der Waals surface area contributed by atoms with Gasteiger partial charge in [0.05, 0.1) is 23.8 Å². The van der Waals surface area contributed by atoms with Crippen molar-refractivity contribution >= 4 is 12.0 Å². The molecule has 1 aromatic heterocycles. The second-order valence-electron chi connectivity index (χ2n) is 9.19. The fraction of sp³-hybridized carbons (Fsp3) is 0.522. The summed E-state index contributed by atoms with van der Waals surface area (Å²) in [5, 5.41) is 10.7. The number of fused-ring (bicyclic) bond motifs is 1. The van der Waals surface area contributed by atoms with Gasteiger partial charge in [0.1, 0.15) is 5.60 Å². The lowest BCUT2D eigenvalue weighted by atomic mass is 10.0. The van der Waals surface area contributed by atoms with Gasteiger partial charge in [-0.1, -0.05) is 29.8 Å². The first-order valence-electron chi connectivity index (χ1n) is 10.6. The van der Waals surface area contributed by atoms with E-state index in [0.717, 1.165) is 25.1 Å². The molecule has 30 heavy (non-hydrogen) atoms. The maximum Gasteiger partial charge on any atom is 0.410 e. The molecule has 3 heterocycles. The van der Waals surface area contributed by atoms with Crippen LogP contribution in [0.15, 0.2) is 24.3 Å². The zero-order chi connectivity index (χ0) is 21.5. The van der Waals surface area contributed by atoms with Crippen LogP contribution < -0.4 is 4.90 Å². The number of anilines is 1. The van der Waals surface area contributed by atoms with Gasteiger partial charge in [0.15, 0.2) is 0 Å². The van der Waals surface area contributed by atoms with Gasteiger partial charge in [0.2, 0.25) is 11.8 Å². The molecular formula is C23H30N4O3. The first-order chi connectivity index (χ1) is 14.2. The fourth-order valence-electron chi connectivity index (χ4n) is 4.14. The highest BCUT2D eigenvalue weighted by Crippen LogP contribution is 2.36. The molecule has 0 spiro atoms. The third-order valence-corrected chi connectivity index (χ3v) is 5.65.